The Labute approximate surface area is 219 Å². The minimum absolute atomic E-state index is 0.192. The largest absolute Gasteiger partial charge is 0.611 e. The number of hydrogen-bond donors (Lipinski definition) is 0. The first-order chi connectivity index (χ1) is 17.7. The van der Waals surface area contributed by atoms with Crippen LogP contribution in [0.15, 0.2) is 58.8 Å². The summed E-state index contributed by atoms with van der Waals surface area (Å²) in [6.07, 6.45) is -3.10. The van der Waals surface area contributed by atoms with Crippen molar-refractivity contribution in [1.82, 2.24) is 19.7 Å². The van der Waals surface area contributed by atoms with E-state index < -0.39 is 23.0 Å². The van der Waals surface area contributed by atoms with Gasteiger partial charge in [0.25, 0.3) is 0 Å². The molecule has 0 radical (unpaired) electrons. The summed E-state index contributed by atoms with van der Waals surface area (Å²) < 4.78 is 52.9. The van der Waals surface area contributed by atoms with E-state index in [-0.39, 0.29) is 18.4 Å². The number of aromatic nitrogens is 3. The van der Waals surface area contributed by atoms with Gasteiger partial charge in [-0.15, -0.1) is 11.3 Å². The summed E-state index contributed by atoms with van der Waals surface area (Å²) in [5.74, 6) is 0.283. The van der Waals surface area contributed by atoms with E-state index in [1.54, 1.807) is 16.2 Å². The van der Waals surface area contributed by atoms with Crippen LogP contribution in [-0.4, -0.2) is 43.2 Å². The molecule has 0 spiro atoms. The lowest BCUT2D eigenvalue weighted by atomic mass is 9.97. The molecule has 6 nitrogen and oxygen atoms in total. The number of rotatable bonds is 6. The number of nitrogens with zero attached hydrogens (tertiary/aromatic N) is 4. The number of fused-ring (bicyclic) bond motifs is 1. The van der Waals surface area contributed by atoms with Gasteiger partial charge in [-0.3, -0.25) is 9.48 Å². The van der Waals surface area contributed by atoms with Crippen LogP contribution in [0.3, 0.4) is 0 Å². The normalized spacial score (nSPS) is 15.9. The number of aryl methyl sites for hydroxylation is 1. The van der Waals surface area contributed by atoms with Crippen LogP contribution in [-0.2, 0) is 34.4 Å². The fourth-order valence-corrected chi connectivity index (χ4v) is 6.93. The Morgan fingerprint density at radius 1 is 1.16 bits per heavy atom. The van der Waals surface area contributed by atoms with Crippen molar-refractivity contribution in [3.8, 4) is 0 Å². The van der Waals surface area contributed by atoms with E-state index in [9.17, 15) is 22.5 Å². The number of likely N-dealkylation sites (tertiary alicyclic amines) is 1. The van der Waals surface area contributed by atoms with Gasteiger partial charge in [-0.05, 0) is 54.5 Å². The Hall–Kier alpha value is -2.89. The smallest absolute Gasteiger partial charge is 0.435 e. The standard InChI is InChI=1S/C26H25F3N4O2S2/c1-17-13-23(26(27,28)29)31-33(17)14-24(34)32-11-9-19(10-12-32)25-30-20(15-36-25)16-37(35)22-8-4-6-18-5-2-3-7-21(18)22/h2-8,13,15,19H,9-12,14,16H2,1H3. The summed E-state index contributed by atoms with van der Waals surface area (Å²) >= 11 is 0.321. The maximum Gasteiger partial charge on any atom is 0.435 e. The molecule has 1 aliphatic rings. The van der Waals surface area contributed by atoms with Gasteiger partial charge in [0.2, 0.25) is 5.91 Å². The van der Waals surface area contributed by atoms with E-state index in [1.165, 1.54) is 6.92 Å². The number of carbonyl (C=O) groups excluding carboxylic acids is 1. The Balaban J connectivity index is 1.17. The highest BCUT2D eigenvalue weighted by Gasteiger charge is 2.35. The van der Waals surface area contributed by atoms with Gasteiger partial charge in [0.1, 0.15) is 12.2 Å². The third kappa shape index (κ3) is 5.68. The number of piperidine rings is 1. The molecule has 2 aromatic carbocycles. The van der Waals surface area contributed by atoms with Crippen molar-refractivity contribution >= 4 is 39.2 Å². The van der Waals surface area contributed by atoms with E-state index >= 15 is 0 Å². The molecule has 0 saturated carbocycles. The summed E-state index contributed by atoms with van der Waals surface area (Å²) in [5, 5.41) is 8.51. The van der Waals surface area contributed by atoms with Crippen molar-refractivity contribution in [2.24, 2.45) is 0 Å². The average Bonchev–Trinajstić information content (AvgIpc) is 3.50. The molecule has 11 heteroatoms. The van der Waals surface area contributed by atoms with Crippen molar-refractivity contribution in [2.75, 3.05) is 13.1 Å². The third-order valence-corrected chi connectivity index (χ3v) is 9.06. The molecule has 194 valence electrons. The van der Waals surface area contributed by atoms with Gasteiger partial charge in [-0.2, -0.15) is 18.3 Å². The highest BCUT2D eigenvalue weighted by atomic mass is 32.2. The molecule has 1 atom stereocenters. The van der Waals surface area contributed by atoms with Crippen LogP contribution in [0, 0.1) is 6.92 Å². The van der Waals surface area contributed by atoms with Gasteiger partial charge in [-0.25, -0.2) is 4.98 Å². The SMILES string of the molecule is Cc1cc(C(F)(F)F)nn1CC(=O)N1CCC(c2nc(C[S+]([O-])c3cccc4ccccc34)cs2)CC1. The topological polar surface area (TPSA) is 74.1 Å². The molecule has 1 saturated heterocycles. The minimum Gasteiger partial charge on any atom is -0.611 e. The molecular weight excluding hydrogens is 521 g/mol. The van der Waals surface area contributed by atoms with Crippen molar-refractivity contribution < 1.29 is 22.5 Å². The zero-order chi connectivity index (χ0) is 26.2. The highest BCUT2D eigenvalue weighted by Crippen LogP contribution is 2.32. The molecule has 1 unspecified atom stereocenters. The summed E-state index contributed by atoms with van der Waals surface area (Å²) in [7, 11) is 0. The number of halogens is 3. The fraction of sp³-hybridized carbons (Fsp3) is 0.346. The van der Waals surface area contributed by atoms with Gasteiger partial charge in [0.15, 0.2) is 16.3 Å². The lowest BCUT2D eigenvalue weighted by Crippen LogP contribution is -2.40. The minimum atomic E-state index is -4.54. The second-order valence-corrected chi connectivity index (χ2v) is 11.4. The van der Waals surface area contributed by atoms with Crippen LogP contribution in [0.2, 0.25) is 0 Å². The molecule has 1 aliphatic heterocycles. The van der Waals surface area contributed by atoms with Crippen molar-refractivity contribution in [3.63, 3.8) is 0 Å². The maximum atomic E-state index is 13.1. The number of amides is 1. The molecule has 0 bridgehead atoms. The van der Waals surface area contributed by atoms with E-state index in [0.29, 0.717) is 24.5 Å². The first-order valence-electron chi connectivity index (χ1n) is 11.9. The number of carbonyl (C=O) groups is 1. The molecule has 37 heavy (non-hydrogen) atoms. The lowest BCUT2D eigenvalue weighted by Gasteiger charge is -2.31. The molecule has 4 aromatic rings. The molecule has 1 fully saturated rings. The van der Waals surface area contributed by atoms with E-state index in [0.717, 1.165) is 50.0 Å². The Morgan fingerprint density at radius 3 is 2.62 bits per heavy atom. The van der Waals surface area contributed by atoms with Crippen LogP contribution in [0.4, 0.5) is 13.2 Å². The second kappa shape index (κ2) is 10.5. The summed E-state index contributed by atoms with van der Waals surface area (Å²) in [6.45, 7) is 2.31. The van der Waals surface area contributed by atoms with Crippen LogP contribution in [0.5, 0.6) is 0 Å². The molecule has 1 amide bonds. The lowest BCUT2D eigenvalue weighted by molar-refractivity contribution is -0.142. The van der Waals surface area contributed by atoms with E-state index in [4.69, 9.17) is 4.98 Å². The van der Waals surface area contributed by atoms with Crippen LogP contribution < -0.4 is 0 Å². The van der Waals surface area contributed by atoms with Crippen LogP contribution >= 0.6 is 11.3 Å². The molecule has 2 aromatic heterocycles. The molecule has 5 rings (SSSR count). The van der Waals surface area contributed by atoms with Gasteiger partial charge < -0.3 is 9.45 Å². The van der Waals surface area contributed by atoms with E-state index in [1.807, 2.05) is 47.8 Å². The predicted octanol–water partition coefficient (Wildman–Crippen LogP) is 5.53. The Morgan fingerprint density at radius 2 is 1.89 bits per heavy atom. The summed E-state index contributed by atoms with van der Waals surface area (Å²) in [6, 6.07) is 14.7. The van der Waals surface area contributed by atoms with Crippen molar-refractivity contribution in [1.29, 1.82) is 0 Å². The predicted molar refractivity (Wildman–Crippen MR) is 137 cm³/mol. The third-order valence-electron chi connectivity index (χ3n) is 6.60. The van der Waals surface area contributed by atoms with Crippen LogP contribution in [0.25, 0.3) is 10.8 Å². The zero-order valence-electron chi connectivity index (χ0n) is 20.1. The average molecular weight is 547 g/mol. The number of hydrogen-bond acceptors (Lipinski definition) is 5. The molecule has 0 N–H and O–H groups in total. The Kier molecular flexibility index (Phi) is 7.28. The van der Waals surface area contributed by atoms with Crippen molar-refractivity contribution in [2.45, 2.75) is 49.1 Å². The van der Waals surface area contributed by atoms with Crippen LogP contribution in [0.1, 0.15) is 40.8 Å². The quantitative estimate of drug-likeness (QED) is 0.298. The van der Waals surface area contributed by atoms with Gasteiger partial charge in [0, 0.05) is 35.5 Å². The van der Waals surface area contributed by atoms with Crippen molar-refractivity contribution in [3.05, 3.63) is 76.0 Å². The molecule has 0 aliphatic carbocycles. The van der Waals surface area contributed by atoms with Gasteiger partial charge in [-0.1, -0.05) is 30.3 Å². The maximum absolute atomic E-state index is 13.1. The molecular formula is C26H25F3N4O2S2. The second-order valence-electron chi connectivity index (χ2n) is 9.13. The van der Waals surface area contributed by atoms with Gasteiger partial charge >= 0.3 is 6.18 Å². The first-order valence-corrected chi connectivity index (χ1v) is 14.1. The van der Waals surface area contributed by atoms with E-state index in [2.05, 4.69) is 5.10 Å². The summed E-state index contributed by atoms with van der Waals surface area (Å²) in [4.78, 5) is 19.9. The Bertz CT molecular complexity index is 1410. The molecule has 3 heterocycles. The fourth-order valence-electron chi connectivity index (χ4n) is 4.60. The summed E-state index contributed by atoms with van der Waals surface area (Å²) in [5.41, 5.74) is 0.101. The number of thiazole rings is 1. The number of alkyl halides is 3. The number of benzene rings is 2. The zero-order valence-corrected chi connectivity index (χ0v) is 21.7. The van der Waals surface area contributed by atoms with Gasteiger partial charge in [0.05, 0.1) is 5.01 Å². The first kappa shape index (κ1) is 25.7. The monoisotopic (exact) mass is 546 g/mol. The highest BCUT2D eigenvalue weighted by molar-refractivity contribution is 7.90.